The number of hydrogen-bond donors (Lipinski definition) is 1. The van der Waals surface area contributed by atoms with Crippen LogP contribution < -0.4 is 5.56 Å². The number of carbonyl (C=O) groups is 1. The van der Waals surface area contributed by atoms with Gasteiger partial charge in [-0.25, -0.2) is 4.98 Å². The van der Waals surface area contributed by atoms with Gasteiger partial charge in [0, 0.05) is 31.7 Å². The van der Waals surface area contributed by atoms with E-state index in [0.29, 0.717) is 11.7 Å². The first-order valence-corrected chi connectivity index (χ1v) is 6.43. The van der Waals surface area contributed by atoms with Crippen molar-refractivity contribution in [3.05, 3.63) is 40.8 Å². The summed E-state index contributed by atoms with van der Waals surface area (Å²) in [6, 6.07) is 1.34. The molecular formula is C11H12N4O3S. The number of aryl methyl sites for hydroxylation is 1. The summed E-state index contributed by atoms with van der Waals surface area (Å²) in [6.45, 7) is 0.429. The molecule has 0 radical (unpaired) electrons. The SMILES string of the molecule is Cn1ccnc1Cn1ccc(=O)nc1SCC(=O)O. The van der Waals surface area contributed by atoms with Crippen molar-refractivity contribution in [3.8, 4) is 0 Å². The van der Waals surface area contributed by atoms with Gasteiger partial charge in [-0.2, -0.15) is 4.98 Å². The smallest absolute Gasteiger partial charge is 0.313 e. The largest absolute Gasteiger partial charge is 0.481 e. The molecule has 0 aliphatic rings. The Morgan fingerprint density at radius 2 is 2.26 bits per heavy atom. The summed E-state index contributed by atoms with van der Waals surface area (Å²) >= 11 is 1.01. The lowest BCUT2D eigenvalue weighted by Gasteiger charge is -2.10. The normalized spacial score (nSPS) is 10.6. The summed E-state index contributed by atoms with van der Waals surface area (Å²) in [5, 5.41) is 9.06. The summed E-state index contributed by atoms with van der Waals surface area (Å²) in [5.41, 5.74) is -0.385. The second kappa shape index (κ2) is 5.70. The molecule has 2 aromatic rings. The number of carboxylic acid groups (broad SMARTS) is 1. The Bertz CT molecular complexity index is 649. The Kier molecular flexibility index (Phi) is 4.00. The molecule has 0 spiro atoms. The van der Waals surface area contributed by atoms with Gasteiger partial charge in [0.15, 0.2) is 5.16 Å². The van der Waals surface area contributed by atoms with E-state index in [4.69, 9.17) is 5.11 Å². The van der Waals surface area contributed by atoms with E-state index in [1.165, 1.54) is 6.07 Å². The molecule has 1 N–H and O–H groups in total. The predicted octanol–water partition coefficient (Wildman–Crippen LogP) is 0.202. The first kappa shape index (κ1) is 13.3. The van der Waals surface area contributed by atoms with Crippen molar-refractivity contribution in [2.45, 2.75) is 11.7 Å². The molecule has 19 heavy (non-hydrogen) atoms. The highest BCUT2D eigenvalue weighted by molar-refractivity contribution is 7.99. The first-order valence-electron chi connectivity index (χ1n) is 5.44. The van der Waals surface area contributed by atoms with Gasteiger partial charge in [0.1, 0.15) is 5.82 Å². The van der Waals surface area contributed by atoms with Crippen molar-refractivity contribution in [1.29, 1.82) is 0 Å². The van der Waals surface area contributed by atoms with E-state index in [1.54, 1.807) is 17.0 Å². The molecule has 0 aliphatic carbocycles. The van der Waals surface area contributed by atoms with Gasteiger partial charge >= 0.3 is 5.97 Å². The zero-order valence-corrected chi connectivity index (χ0v) is 11.0. The van der Waals surface area contributed by atoms with E-state index in [-0.39, 0.29) is 11.3 Å². The lowest BCUT2D eigenvalue weighted by atomic mass is 10.5. The fourth-order valence-electron chi connectivity index (χ4n) is 1.48. The monoisotopic (exact) mass is 280 g/mol. The maximum absolute atomic E-state index is 11.3. The van der Waals surface area contributed by atoms with E-state index < -0.39 is 5.97 Å². The Hall–Kier alpha value is -2.09. The van der Waals surface area contributed by atoms with E-state index in [1.807, 2.05) is 17.8 Å². The van der Waals surface area contributed by atoms with Crippen LogP contribution in [0.25, 0.3) is 0 Å². The summed E-state index contributed by atoms with van der Waals surface area (Å²) in [6.07, 6.45) is 5.08. The second-order valence-corrected chi connectivity index (χ2v) is 4.76. The minimum atomic E-state index is -0.952. The van der Waals surface area contributed by atoms with Gasteiger partial charge in [-0.3, -0.25) is 9.59 Å². The highest BCUT2D eigenvalue weighted by Crippen LogP contribution is 2.14. The maximum atomic E-state index is 11.3. The fraction of sp³-hybridized carbons (Fsp3) is 0.273. The zero-order valence-electron chi connectivity index (χ0n) is 10.2. The molecule has 0 bridgehead atoms. The minimum Gasteiger partial charge on any atom is -0.481 e. The van der Waals surface area contributed by atoms with E-state index in [0.717, 1.165) is 17.6 Å². The van der Waals surface area contributed by atoms with Crippen LogP contribution in [-0.2, 0) is 18.4 Å². The van der Waals surface area contributed by atoms with Crippen molar-refractivity contribution in [2.75, 3.05) is 5.75 Å². The third-order valence-electron chi connectivity index (χ3n) is 2.41. The maximum Gasteiger partial charge on any atom is 0.313 e. The zero-order chi connectivity index (χ0) is 13.8. The summed E-state index contributed by atoms with van der Waals surface area (Å²) in [4.78, 5) is 29.8. The summed E-state index contributed by atoms with van der Waals surface area (Å²) < 4.78 is 3.56. The van der Waals surface area contributed by atoms with Crippen molar-refractivity contribution in [2.24, 2.45) is 7.05 Å². The summed E-state index contributed by atoms with van der Waals surface area (Å²) in [7, 11) is 1.86. The van der Waals surface area contributed by atoms with Gasteiger partial charge in [0.25, 0.3) is 5.56 Å². The van der Waals surface area contributed by atoms with Crippen LogP contribution in [0.3, 0.4) is 0 Å². The molecule has 2 aromatic heterocycles. The molecule has 0 aromatic carbocycles. The van der Waals surface area contributed by atoms with Crippen molar-refractivity contribution in [1.82, 2.24) is 19.1 Å². The van der Waals surface area contributed by atoms with Crippen LogP contribution >= 0.6 is 11.8 Å². The van der Waals surface area contributed by atoms with Crippen LogP contribution in [0.2, 0.25) is 0 Å². The quantitative estimate of drug-likeness (QED) is 0.621. The van der Waals surface area contributed by atoms with Gasteiger partial charge in [0.05, 0.1) is 12.3 Å². The lowest BCUT2D eigenvalue weighted by Crippen LogP contribution is -2.16. The number of rotatable bonds is 5. The third-order valence-corrected chi connectivity index (χ3v) is 3.38. The van der Waals surface area contributed by atoms with Crippen LogP contribution in [0.4, 0.5) is 0 Å². The topological polar surface area (TPSA) is 90.0 Å². The van der Waals surface area contributed by atoms with Crippen LogP contribution in [0.15, 0.2) is 34.6 Å². The average molecular weight is 280 g/mol. The van der Waals surface area contributed by atoms with Crippen LogP contribution in [0, 0.1) is 0 Å². The number of nitrogens with zero attached hydrogens (tertiary/aromatic N) is 4. The van der Waals surface area contributed by atoms with Crippen LogP contribution in [0.5, 0.6) is 0 Å². The molecule has 0 saturated carbocycles. The third kappa shape index (κ3) is 3.44. The molecule has 2 heterocycles. The number of carboxylic acids is 1. The predicted molar refractivity (Wildman–Crippen MR) is 69.2 cm³/mol. The second-order valence-electron chi connectivity index (χ2n) is 3.81. The average Bonchev–Trinajstić information content (AvgIpc) is 2.75. The Morgan fingerprint density at radius 1 is 1.47 bits per heavy atom. The van der Waals surface area contributed by atoms with Gasteiger partial charge < -0.3 is 14.2 Å². The van der Waals surface area contributed by atoms with Gasteiger partial charge in [-0.15, -0.1) is 0 Å². The highest BCUT2D eigenvalue weighted by atomic mass is 32.2. The Morgan fingerprint density at radius 3 is 2.89 bits per heavy atom. The van der Waals surface area contributed by atoms with Crippen molar-refractivity contribution >= 4 is 17.7 Å². The standard InChI is InChI=1S/C11H12N4O3S/c1-14-5-3-12-8(14)6-15-4-2-9(16)13-11(15)19-7-10(17)18/h2-5H,6-7H2,1H3,(H,17,18). The van der Waals surface area contributed by atoms with Crippen LogP contribution in [0.1, 0.15) is 5.82 Å². The highest BCUT2D eigenvalue weighted by Gasteiger charge is 2.09. The van der Waals surface area contributed by atoms with E-state index in [9.17, 15) is 9.59 Å². The number of imidazole rings is 1. The van der Waals surface area contributed by atoms with E-state index in [2.05, 4.69) is 9.97 Å². The molecule has 0 unspecified atom stereocenters. The van der Waals surface area contributed by atoms with E-state index >= 15 is 0 Å². The van der Waals surface area contributed by atoms with Crippen molar-refractivity contribution in [3.63, 3.8) is 0 Å². The molecule has 0 aliphatic heterocycles. The minimum absolute atomic E-state index is 0.142. The number of thioether (sulfide) groups is 1. The van der Waals surface area contributed by atoms with Gasteiger partial charge in [-0.05, 0) is 0 Å². The van der Waals surface area contributed by atoms with Gasteiger partial charge in [0.2, 0.25) is 0 Å². The molecule has 8 heteroatoms. The number of hydrogen-bond acceptors (Lipinski definition) is 5. The molecule has 7 nitrogen and oxygen atoms in total. The van der Waals surface area contributed by atoms with Crippen molar-refractivity contribution < 1.29 is 9.90 Å². The Labute approximate surface area is 112 Å². The summed E-state index contributed by atoms with van der Waals surface area (Å²) in [5.74, 6) is -0.300. The molecule has 0 saturated heterocycles. The molecular weight excluding hydrogens is 268 g/mol. The first-order chi connectivity index (χ1) is 9.06. The Balaban J connectivity index is 2.26. The molecule has 0 fully saturated rings. The molecule has 2 rings (SSSR count). The lowest BCUT2D eigenvalue weighted by molar-refractivity contribution is -0.133. The number of aliphatic carboxylic acids is 1. The molecule has 0 amide bonds. The molecule has 0 atom stereocenters. The van der Waals surface area contributed by atoms with Crippen LogP contribution in [-0.4, -0.2) is 35.9 Å². The fourth-order valence-corrected chi connectivity index (χ4v) is 2.17. The number of aromatic nitrogens is 4. The molecule has 100 valence electrons. The van der Waals surface area contributed by atoms with Gasteiger partial charge in [-0.1, -0.05) is 11.8 Å².